The van der Waals surface area contributed by atoms with Crippen LogP contribution in [0.25, 0.3) is 0 Å². The third-order valence-electron chi connectivity index (χ3n) is 2.56. The summed E-state index contributed by atoms with van der Waals surface area (Å²) in [6.45, 7) is 1.91. The molecule has 0 aliphatic carbocycles. The van der Waals surface area contributed by atoms with Gasteiger partial charge in [-0.15, -0.1) is 0 Å². The van der Waals surface area contributed by atoms with E-state index in [2.05, 4.69) is 20.7 Å². The number of hydrogen-bond acceptors (Lipinski definition) is 3. The molecule has 0 heterocycles. The first-order valence-corrected chi connectivity index (χ1v) is 6.46. The van der Waals surface area contributed by atoms with Crippen LogP contribution in [0.2, 0.25) is 0 Å². The third-order valence-corrected chi connectivity index (χ3v) is 2.95. The number of carbonyl (C=O) groups excluding carboxylic acids is 2. The van der Waals surface area contributed by atoms with Crippen molar-refractivity contribution in [3.05, 3.63) is 34.9 Å². The largest absolute Gasteiger partial charge is 0.469 e. The summed E-state index contributed by atoms with van der Waals surface area (Å²) in [7, 11) is 1.36. The summed E-state index contributed by atoms with van der Waals surface area (Å²) in [5.41, 5.74) is 2.48. The number of benzene rings is 1. The second-order valence-electron chi connectivity index (χ2n) is 3.76. The van der Waals surface area contributed by atoms with Crippen LogP contribution in [0.15, 0.2) is 18.2 Å². The SMILES string of the molecule is COC(=O)Cc1cc(C(=O)CCBr)ccc1C. The number of aryl methyl sites for hydroxylation is 1. The van der Waals surface area contributed by atoms with Gasteiger partial charge >= 0.3 is 5.97 Å². The normalized spacial score (nSPS) is 10.1. The van der Waals surface area contributed by atoms with Crippen LogP contribution in [-0.4, -0.2) is 24.2 Å². The molecule has 0 aliphatic rings. The highest BCUT2D eigenvalue weighted by molar-refractivity contribution is 9.09. The highest BCUT2D eigenvalue weighted by Gasteiger charge is 2.10. The molecule has 0 atom stereocenters. The van der Waals surface area contributed by atoms with Gasteiger partial charge in [0.15, 0.2) is 5.78 Å². The van der Waals surface area contributed by atoms with Gasteiger partial charge in [0.05, 0.1) is 13.5 Å². The number of methoxy groups -OCH3 is 1. The van der Waals surface area contributed by atoms with Gasteiger partial charge in [0.1, 0.15) is 0 Å². The Morgan fingerprint density at radius 1 is 1.35 bits per heavy atom. The van der Waals surface area contributed by atoms with E-state index in [9.17, 15) is 9.59 Å². The molecule has 0 saturated heterocycles. The van der Waals surface area contributed by atoms with Gasteiger partial charge in [-0.2, -0.15) is 0 Å². The zero-order valence-corrected chi connectivity index (χ0v) is 11.5. The summed E-state index contributed by atoms with van der Waals surface area (Å²) in [6, 6.07) is 5.43. The van der Waals surface area contributed by atoms with Gasteiger partial charge in [0.25, 0.3) is 0 Å². The number of Topliss-reactive ketones (excluding diaryl/α,β-unsaturated/α-hetero) is 1. The fourth-order valence-electron chi connectivity index (χ4n) is 1.49. The average molecular weight is 299 g/mol. The van der Waals surface area contributed by atoms with Crippen molar-refractivity contribution < 1.29 is 14.3 Å². The monoisotopic (exact) mass is 298 g/mol. The van der Waals surface area contributed by atoms with Crippen molar-refractivity contribution >= 4 is 27.7 Å². The first kappa shape index (κ1) is 13.9. The molecule has 1 rings (SSSR count). The standard InChI is InChI=1S/C13H15BrO3/c1-9-3-4-10(12(15)5-6-14)7-11(9)8-13(16)17-2/h3-4,7H,5-6,8H2,1-2H3. The highest BCUT2D eigenvalue weighted by atomic mass is 79.9. The summed E-state index contributed by atoms with van der Waals surface area (Å²) in [5.74, 6) is -0.216. The van der Waals surface area contributed by atoms with E-state index in [4.69, 9.17) is 0 Å². The molecule has 0 fully saturated rings. The van der Waals surface area contributed by atoms with Gasteiger partial charge < -0.3 is 4.74 Å². The Labute approximate surface area is 109 Å². The Hall–Kier alpha value is -1.16. The number of alkyl halides is 1. The minimum absolute atomic E-state index is 0.0768. The van der Waals surface area contributed by atoms with Gasteiger partial charge in [-0.05, 0) is 24.1 Å². The molecule has 3 nitrogen and oxygen atoms in total. The molecule has 0 saturated carbocycles. The van der Waals surface area contributed by atoms with Crippen molar-refractivity contribution in [2.24, 2.45) is 0 Å². The summed E-state index contributed by atoms with van der Waals surface area (Å²) in [5, 5.41) is 0.645. The lowest BCUT2D eigenvalue weighted by molar-refractivity contribution is -0.139. The Bertz CT molecular complexity index is 427. The van der Waals surface area contributed by atoms with Crippen molar-refractivity contribution in [2.75, 3.05) is 12.4 Å². The molecule has 0 spiro atoms. The van der Waals surface area contributed by atoms with Gasteiger partial charge in [0, 0.05) is 17.3 Å². The Morgan fingerprint density at radius 2 is 2.06 bits per heavy atom. The summed E-state index contributed by atoms with van der Waals surface area (Å²) < 4.78 is 4.63. The zero-order valence-electron chi connectivity index (χ0n) is 9.96. The number of ketones is 1. The molecular formula is C13H15BrO3. The van der Waals surface area contributed by atoms with Gasteiger partial charge in [-0.3, -0.25) is 9.59 Å². The van der Waals surface area contributed by atoms with Crippen LogP contribution in [-0.2, 0) is 16.0 Å². The first-order valence-electron chi connectivity index (χ1n) is 5.34. The first-order chi connectivity index (χ1) is 8.08. The van der Waals surface area contributed by atoms with Gasteiger partial charge in [-0.1, -0.05) is 28.1 Å². The molecule has 1 aromatic carbocycles. The number of hydrogen-bond donors (Lipinski definition) is 0. The lowest BCUT2D eigenvalue weighted by Crippen LogP contribution is -2.08. The molecule has 1 aromatic rings. The topological polar surface area (TPSA) is 43.4 Å². The predicted octanol–water partition coefficient (Wildman–Crippen LogP) is 2.68. The molecular weight excluding hydrogens is 284 g/mol. The summed E-state index contributed by atoms with van der Waals surface area (Å²) >= 11 is 3.24. The molecule has 0 unspecified atom stereocenters. The lowest BCUT2D eigenvalue weighted by Gasteiger charge is -2.07. The molecule has 0 amide bonds. The van der Waals surface area contributed by atoms with Crippen LogP contribution in [0.4, 0.5) is 0 Å². The van der Waals surface area contributed by atoms with Crippen LogP contribution in [0.3, 0.4) is 0 Å². The fraction of sp³-hybridized carbons (Fsp3) is 0.385. The van der Waals surface area contributed by atoms with Crippen molar-refractivity contribution in [1.29, 1.82) is 0 Å². The molecule has 0 N–H and O–H groups in total. The average Bonchev–Trinajstić information content (AvgIpc) is 2.32. The Balaban J connectivity index is 2.93. The van der Waals surface area contributed by atoms with Crippen LogP contribution >= 0.6 is 15.9 Å². The van der Waals surface area contributed by atoms with E-state index in [1.807, 2.05) is 13.0 Å². The molecule has 0 aromatic heterocycles. The molecule has 0 aliphatic heterocycles. The Kier molecular flexibility index (Phi) is 5.35. The number of esters is 1. The number of ether oxygens (including phenoxy) is 1. The van der Waals surface area contributed by atoms with E-state index in [0.717, 1.165) is 11.1 Å². The second-order valence-corrected chi connectivity index (χ2v) is 4.55. The molecule has 92 valence electrons. The highest BCUT2D eigenvalue weighted by Crippen LogP contribution is 2.14. The molecule has 0 radical (unpaired) electrons. The minimum atomic E-state index is -0.293. The van der Waals surface area contributed by atoms with E-state index in [1.165, 1.54) is 7.11 Å². The molecule has 17 heavy (non-hydrogen) atoms. The maximum absolute atomic E-state index is 11.7. The van der Waals surface area contributed by atoms with Crippen molar-refractivity contribution in [1.82, 2.24) is 0 Å². The minimum Gasteiger partial charge on any atom is -0.469 e. The van der Waals surface area contributed by atoms with Crippen LogP contribution in [0.5, 0.6) is 0 Å². The number of rotatable bonds is 5. The third kappa shape index (κ3) is 3.97. The second kappa shape index (κ2) is 6.55. The van der Waals surface area contributed by atoms with Crippen LogP contribution in [0, 0.1) is 6.92 Å². The fourth-order valence-corrected chi connectivity index (χ4v) is 1.85. The van der Waals surface area contributed by atoms with Gasteiger partial charge in [-0.25, -0.2) is 0 Å². The molecule has 4 heteroatoms. The van der Waals surface area contributed by atoms with Crippen LogP contribution < -0.4 is 0 Å². The molecule has 0 bridgehead atoms. The maximum atomic E-state index is 11.7. The van der Waals surface area contributed by atoms with Crippen molar-refractivity contribution in [3.63, 3.8) is 0 Å². The lowest BCUT2D eigenvalue weighted by atomic mass is 9.99. The van der Waals surface area contributed by atoms with E-state index < -0.39 is 0 Å². The quantitative estimate of drug-likeness (QED) is 0.477. The van der Waals surface area contributed by atoms with Crippen molar-refractivity contribution in [2.45, 2.75) is 19.8 Å². The van der Waals surface area contributed by atoms with E-state index in [0.29, 0.717) is 17.3 Å². The number of halogens is 1. The zero-order chi connectivity index (χ0) is 12.8. The summed E-state index contributed by atoms with van der Waals surface area (Å²) in [4.78, 5) is 22.9. The van der Waals surface area contributed by atoms with E-state index >= 15 is 0 Å². The predicted molar refractivity (Wildman–Crippen MR) is 69.6 cm³/mol. The van der Waals surface area contributed by atoms with Crippen LogP contribution in [0.1, 0.15) is 27.9 Å². The van der Waals surface area contributed by atoms with Crippen molar-refractivity contribution in [3.8, 4) is 0 Å². The Morgan fingerprint density at radius 3 is 2.65 bits per heavy atom. The van der Waals surface area contributed by atoms with Gasteiger partial charge in [0.2, 0.25) is 0 Å². The number of carbonyl (C=O) groups is 2. The van der Waals surface area contributed by atoms with E-state index in [1.54, 1.807) is 12.1 Å². The van der Waals surface area contributed by atoms with E-state index in [-0.39, 0.29) is 18.2 Å². The summed E-state index contributed by atoms with van der Waals surface area (Å²) in [6.07, 6.45) is 0.665. The maximum Gasteiger partial charge on any atom is 0.309 e. The smallest absolute Gasteiger partial charge is 0.309 e.